The highest BCUT2D eigenvalue weighted by Gasteiger charge is 2.27. The van der Waals surface area contributed by atoms with Gasteiger partial charge in [0.05, 0.1) is 13.1 Å². The summed E-state index contributed by atoms with van der Waals surface area (Å²) in [4.78, 5) is 38.6. The molecular weight excluding hydrogens is 424 g/mol. The molecule has 0 fully saturated rings. The Morgan fingerprint density at radius 3 is 2.52 bits per heavy atom. The van der Waals surface area contributed by atoms with Crippen LogP contribution in [0, 0.1) is 0 Å². The first-order valence-electron chi connectivity index (χ1n) is 10.5. The van der Waals surface area contributed by atoms with Crippen molar-refractivity contribution < 1.29 is 14.3 Å². The van der Waals surface area contributed by atoms with Crippen molar-refractivity contribution in [2.75, 3.05) is 19.1 Å². The number of benzene rings is 2. The number of carbonyl (C=O) groups excluding carboxylic acids is 1. The number of aromatic nitrogens is 2. The maximum atomic E-state index is 13.1. The fourth-order valence-electron chi connectivity index (χ4n) is 3.74. The molecule has 0 saturated carbocycles. The zero-order valence-electron chi connectivity index (χ0n) is 18.8. The molecule has 1 aliphatic heterocycles. The van der Waals surface area contributed by atoms with Crippen LogP contribution >= 0.6 is 0 Å². The second-order valence-corrected chi connectivity index (χ2v) is 8.45. The molecule has 1 aromatic heterocycles. The minimum absolute atomic E-state index is 0.139. The molecule has 0 amide bonds. The van der Waals surface area contributed by atoms with E-state index in [9.17, 15) is 14.4 Å². The molecule has 0 saturated heterocycles. The first-order chi connectivity index (χ1) is 15.7. The molecule has 2 heterocycles. The molecule has 0 spiro atoms. The first kappa shape index (κ1) is 22.3. The SMILES string of the molecule is Cn1c(=O)c(C(=O)CNC(C)(C)c2ccc3c(c2)OCO3)c(N)n(Cc2ccccc2)c1=O. The van der Waals surface area contributed by atoms with Gasteiger partial charge < -0.3 is 20.5 Å². The Hall–Kier alpha value is -3.85. The number of carbonyl (C=O) groups is 1. The van der Waals surface area contributed by atoms with Crippen LogP contribution in [0.1, 0.15) is 35.3 Å². The van der Waals surface area contributed by atoms with Gasteiger partial charge in [-0.3, -0.25) is 18.7 Å². The molecule has 9 nitrogen and oxygen atoms in total. The summed E-state index contributed by atoms with van der Waals surface area (Å²) >= 11 is 0. The van der Waals surface area contributed by atoms with Crippen molar-refractivity contribution in [1.82, 2.24) is 14.5 Å². The molecular formula is C24H26N4O5. The van der Waals surface area contributed by atoms with Crippen LogP contribution in [0.15, 0.2) is 58.1 Å². The van der Waals surface area contributed by atoms with Crippen molar-refractivity contribution in [2.24, 2.45) is 7.05 Å². The third-order valence-corrected chi connectivity index (χ3v) is 5.83. The molecule has 0 radical (unpaired) electrons. The zero-order chi connectivity index (χ0) is 23.8. The second kappa shape index (κ2) is 8.59. The summed E-state index contributed by atoms with van der Waals surface area (Å²) in [6.07, 6.45) is 0. The highest BCUT2D eigenvalue weighted by atomic mass is 16.7. The van der Waals surface area contributed by atoms with Gasteiger partial charge in [-0.2, -0.15) is 0 Å². The van der Waals surface area contributed by atoms with Crippen molar-refractivity contribution in [1.29, 1.82) is 0 Å². The molecule has 172 valence electrons. The number of nitrogen functional groups attached to an aromatic ring is 1. The van der Waals surface area contributed by atoms with E-state index in [1.54, 1.807) is 0 Å². The minimum Gasteiger partial charge on any atom is -0.454 e. The Bertz CT molecular complexity index is 1330. The van der Waals surface area contributed by atoms with E-state index in [0.717, 1.165) is 15.7 Å². The molecule has 4 rings (SSSR count). The zero-order valence-corrected chi connectivity index (χ0v) is 18.8. The Morgan fingerprint density at radius 1 is 1.09 bits per heavy atom. The van der Waals surface area contributed by atoms with E-state index in [1.807, 2.05) is 62.4 Å². The first-order valence-corrected chi connectivity index (χ1v) is 10.5. The van der Waals surface area contributed by atoms with Crippen LogP contribution in [-0.2, 0) is 19.1 Å². The molecule has 9 heteroatoms. The third-order valence-electron chi connectivity index (χ3n) is 5.83. The number of nitrogens with zero attached hydrogens (tertiary/aromatic N) is 2. The lowest BCUT2D eigenvalue weighted by atomic mass is 9.93. The number of fused-ring (bicyclic) bond motifs is 1. The summed E-state index contributed by atoms with van der Waals surface area (Å²) in [5, 5.41) is 3.19. The predicted octanol–water partition coefficient (Wildman–Crippen LogP) is 1.61. The van der Waals surface area contributed by atoms with E-state index in [2.05, 4.69) is 5.32 Å². The number of Topliss-reactive ketones (excluding diaryl/α,β-unsaturated/α-hetero) is 1. The highest BCUT2D eigenvalue weighted by Crippen LogP contribution is 2.35. The lowest BCUT2D eigenvalue weighted by molar-refractivity contribution is 0.0978. The number of ether oxygens (including phenoxy) is 2. The van der Waals surface area contributed by atoms with Gasteiger partial charge in [0.2, 0.25) is 6.79 Å². The minimum atomic E-state index is -0.713. The van der Waals surface area contributed by atoms with Gasteiger partial charge in [0.1, 0.15) is 11.4 Å². The van der Waals surface area contributed by atoms with Gasteiger partial charge in [0.25, 0.3) is 5.56 Å². The standard InChI is InChI=1S/C24H26N4O5/c1-24(2,16-9-10-18-19(11-16)33-14-32-18)26-12-17(29)20-21(25)28(23(31)27(3)22(20)30)13-15-7-5-4-6-8-15/h4-11,26H,12-14,25H2,1-3H3. The number of nitrogens with one attached hydrogen (secondary N) is 1. The van der Waals surface area contributed by atoms with Crippen LogP contribution < -0.4 is 31.8 Å². The molecule has 0 unspecified atom stereocenters. The van der Waals surface area contributed by atoms with Crippen LogP contribution in [0.5, 0.6) is 11.5 Å². The van der Waals surface area contributed by atoms with Crippen molar-refractivity contribution in [3.63, 3.8) is 0 Å². The molecule has 33 heavy (non-hydrogen) atoms. The van der Waals surface area contributed by atoms with Gasteiger partial charge in [-0.1, -0.05) is 36.4 Å². The molecule has 3 N–H and O–H groups in total. The summed E-state index contributed by atoms with van der Waals surface area (Å²) in [6, 6.07) is 14.8. The van der Waals surface area contributed by atoms with Crippen LogP contribution in [-0.4, -0.2) is 28.3 Å². The van der Waals surface area contributed by atoms with Gasteiger partial charge in [-0.15, -0.1) is 0 Å². The quantitative estimate of drug-likeness (QED) is 0.525. The maximum absolute atomic E-state index is 13.1. The Labute approximate surface area is 190 Å². The van der Waals surface area contributed by atoms with Crippen LogP contribution in [0.25, 0.3) is 0 Å². The van der Waals surface area contributed by atoms with E-state index in [0.29, 0.717) is 11.5 Å². The van der Waals surface area contributed by atoms with E-state index in [1.165, 1.54) is 11.6 Å². The van der Waals surface area contributed by atoms with Crippen LogP contribution in [0.3, 0.4) is 0 Å². The van der Waals surface area contributed by atoms with Gasteiger partial charge >= 0.3 is 5.69 Å². The summed E-state index contributed by atoms with van der Waals surface area (Å²) in [7, 11) is 1.34. The van der Waals surface area contributed by atoms with Gasteiger partial charge in [-0.25, -0.2) is 4.79 Å². The normalized spacial score (nSPS) is 12.7. The Kier molecular flexibility index (Phi) is 5.82. The number of hydrogen-bond donors (Lipinski definition) is 2. The topological polar surface area (TPSA) is 118 Å². The number of rotatable bonds is 7. The predicted molar refractivity (Wildman–Crippen MR) is 124 cm³/mol. The van der Waals surface area contributed by atoms with E-state index in [-0.39, 0.29) is 31.3 Å². The van der Waals surface area contributed by atoms with Crippen molar-refractivity contribution >= 4 is 11.6 Å². The summed E-state index contributed by atoms with van der Waals surface area (Å²) in [6.45, 7) is 4.00. The van der Waals surface area contributed by atoms with Crippen molar-refractivity contribution in [2.45, 2.75) is 25.9 Å². The fraction of sp³-hybridized carbons (Fsp3) is 0.292. The highest BCUT2D eigenvalue weighted by molar-refractivity contribution is 6.01. The Morgan fingerprint density at radius 2 is 1.79 bits per heavy atom. The molecule has 1 aliphatic rings. The van der Waals surface area contributed by atoms with Gasteiger partial charge in [0.15, 0.2) is 17.3 Å². The molecule has 0 bridgehead atoms. The van der Waals surface area contributed by atoms with E-state index >= 15 is 0 Å². The number of ketones is 1. The average Bonchev–Trinajstić information content (AvgIpc) is 3.28. The molecule has 0 atom stereocenters. The summed E-state index contributed by atoms with van der Waals surface area (Å²) in [5.41, 5.74) is 5.78. The van der Waals surface area contributed by atoms with Crippen LogP contribution in [0.4, 0.5) is 5.82 Å². The second-order valence-electron chi connectivity index (χ2n) is 8.45. The largest absolute Gasteiger partial charge is 0.454 e. The monoisotopic (exact) mass is 450 g/mol. The van der Waals surface area contributed by atoms with Crippen LogP contribution in [0.2, 0.25) is 0 Å². The lowest BCUT2D eigenvalue weighted by Gasteiger charge is -2.27. The average molecular weight is 450 g/mol. The van der Waals surface area contributed by atoms with Gasteiger partial charge in [0, 0.05) is 12.6 Å². The molecule has 0 aliphatic carbocycles. The Balaban J connectivity index is 1.60. The number of hydrogen-bond acceptors (Lipinski definition) is 7. The smallest absolute Gasteiger partial charge is 0.332 e. The van der Waals surface area contributed by atoms with E-state index < -0.39 is 22.6 Å². The summed E-state index contributed by atoms with van der Waals surface area (Å²) < 4.78 is 12.9. The molecule has 3 aromatic rings. The fourth-order valence-corrected chi connectivity index (χ4v) is 3.74. The molecule has 2 aromatic carbocycles. The van der Waals surface area contributed by atoms with Gasteiger partial charge in [-0.05, 0) is 37.1 Å². The third kappa shape index (κ3) is 4.27. The number of nitrogens with two attached hydrogens (primary N) is 1. The number of anilines is 1. The summed E-state index contributed by atoms with van der Waals surface area (Å²) in [5.74, 6) is 0.672. The van der Waals surface area contributed by atoms with E-state index in [4.69, 9.17) is 15.2 Å². The van der Waals surface area contributed by atoms with Crippen molar-refractivity contribution in [3.05, 3.63) is 86.1 Å². The van der Waals surface area contributed by atoms with Crippen molar-refractivity contribution in [3.8, 4) is 11.5 Å². The maximum Gasteiger partial charge on any atom is 0.332 e. The lowest BCUT2D eigenvalue weighted by Crippen LogP contribution is -2.45.